The second-order valence-electron chi connectivity index (χ2n) is 4.58. The second kappa shape index (κ2) is 5.04. The van der Waals surface area contributed by atoms with E-state index in [1.165, 1.54) is 0 Å². The molecule has 1 aliphatic rings. The van der Waals surface area contributed by atoms with E-state index in [2.05, 4.69) is 48.7 Å². The van der Waals surface area contributed by atoms with Crippen LogP contribution in [0.5, 0.6) is 0 Å². The molecule has 0 aliphatic heterocycles. The first-order valence-corrected chi connectivity index (χ1v) is 9.23. The van der Waals surface area contributed by atoms with Gasteiger partial charge in [-0.3, -0.25) is 4.57 Å². The summed E-state index contributed by atoms with van der Waals surface area (Å²) in [4.78, 5) is 0. The Labute approximate surface area is 138 Å². The van der Waals surface area contributed by atoms with Gasteiger partial charge in [0.15, 0.2) is 5.82 Å². The fourth-order valence-corrected chi connectivity index (χ4v) is 3.59. The Hall–Kier alpha value is -0.520. The highest BCUT2D eigenvalue weighted by Gasteiger charge is 2.34. The predicted molar refractivity (Wildman–Crippen MR) is 85.5 cm³/mol. The lowest BCUT2D eigenvalue weighted by molar-refractivity contribution is 0.567. The minimum absolute atomic E-state index is 0.114. The largest absolute Gasteiger partial charge is 0.294 e. The molecule has 6 nitrogen and oxygen atoms in total. The number of nitrogens with zero attached hydrogens (tertiary/aromatic N) is 3. The molecular weight excluding hydrogens is 459 g/mol. The van der Waals surface area contributed by atoms with Crippen LogP contribution in [0.3, 0.4) is 0 Å². The summed E-state index contributed by atoms with van der Waals surface area (Å²) in [6.07, 6.45) is 1.83. The van der Waals surface area contributed by atoms with Crippen molar-refractivity contribution in [3.05, 3.63) is 26.2 Å². The lowest BCUT2D eigenvalue weighted by Gasteiger charge is -2.09. The standard InChI is InChI=1S/C11H10BrIN4O2S/c12-6-1-4-9(13)8(5-6)10-15-16-11(20(14,18)19)17(10)7-2-3-7/h1,4-5,7H,2-3H2,(H2,14,18,19). The Kier molecular flexibility index (Phi) is 3.63. The number of aromatic nitrogens is 3. The molecule has 1 aromatic heterocycles. The zero-order valence-electron chi connectivity index (χ0n) is 10.1. The van der Waals surface area contributed by atoms with E-state index in [0.717, 1.165) is 26.4 Å². The third-order valence-corrected chi connectivity index (χ3v) is 5.22. The molecule has 1 aromatic carbocycles. The van der Waals surface area contributed by atoms with E-state index in [9.17, 15) is 8.42 Å². The smallest absolute Gasteiger partial charge is 0.273 e. The molecule has 9 heteroatoms. The highest BCUT2D eigenvalue weighted by molar-refractivity contribution is 14.1. The summed E-state index contributed by atoms with van der Waals surface area (Å²) in [5.41, 5.74) is 0.842. The Morgan fingerprint density at radius 2 is 2.05 bits per heavy atom. The molecule has 2 N–H and O–H groups in total. The van der Waals surface area contributed by atoms with Crippen LogP contribution in [0.1, 0.15) is 18.9 Å². The van der Waals surface area contributed by atoms with Crippen LogP contribution < -0.4 is 5.14 Å². The van der Waals surface area contributed by atoms with Gasteiger partial charge in [0.1, 0.15) is 0 Å². The lowest BCUT2D eigenvalue weighted by atomic mass is 10.2. The summed E-state index contributed by atoms with van der Waals surface area (Å²) < 4.78 is 26.8. The van der Waals surface area contributed by atoms with Crippen molar-refractivity contribution in [1.82, 2.24) is 14.8 Å². The van der Waals surface area contributed by atoms with Crippen molar-refractivity contribution >= 4 is 48.5 Å². The zero-order chi connectivity index (χ0) is 14.5. The third-order valence-electron chi connectivity index (χ3n) is 3.00. The van der Waals surface area contributed by atoms with Crippen LogP contribution in [0.15, 0.2) is 27.8 Å². The van der Waals surface area contributed by atoms with Crippen LogP contribution in [0.25, 0.3) is 11.4 Å². The van der Waals surface area contributed by atoms with Crippen molar-refractivity contribution in [3.8, 4) is 11.4 Å². The molecule has 0 unspecified atom stereocenters. The molecule has 0 bridgehead atoms. The van der Waals surface area contributed by atoms with Gasteiger partial charge in [0, 0.05) is 19.6 Å². The fourth-order valence-electron chi connectivity index (χ4n) is 1.99. The Bertz CT molecular complexity index is 786. The van der Waals surface area contributed by atoms with Gasteiger partial charge in [-0.15, -0.1) is 10.2 Å². The third kappa shape index (κ3) is 2.63. The number of hydrogen-bond donors (Lipinski definition) is 1. The Morgan fingerprint density at radius 1 is 1.35 bits per heavy atom. The first kappa shape index (κ1) is 14.4. The minimum Gasteiger partial charge on any atom is -0.294 e. The van der Waals surface area contributed by atoms with Gasteiger partial charge < -0.3 is 0 Å². The molecule has 0 radical (unpaired) electrons. The van der Waals surface area contributed by atoms with Gasteiger partial charge in [0.25, 0.3) is 15.2 Å². The molecule has 2 aromatic rings. The van der Waals surface area contributed by atoms with Crippen molar-refractivity contribution in [3.63, 3.8) is 0 Å². The molecule has 0 saturated heterocycles. The van der Waals surface area contributed by atoms with E-state index in [1.807, 2.05) is 18.2 Å². The van der Waals surface area contributed by atoms with E-state index in [1.54, 1.807) is 4.57 Å². The molecule has 0 atom stereocenters. The van der Waals surface area contributed by atoms with Crippen molar-refractivity contribution in [2.75, 3.05) is 0 Å². The lowest BCUT2D eigenvalue weighted by Crippen LogP contribution is -2.18. The summed E-state index contributed by atoms with van der Waals surface area (Å²) in [5.74, 6) is 0.544. The van der Waals surface area contributed by atoms with Crippen molar-refractivity contribution in [1.29, 1.82) is 0 Å². The number of nitrogens with two attached hydrogens (primary N) is 1. The van der Waals surface area contributed by atoms with Gasteiger partial charge in [-0.25, -0.2) is 13.6 Å². The number of primary sulfonamides is 1. The molecule has 1 heterocycles. The average molecular weight is 469 g/mol. The molecule has 20 heavy (non-hydrogen) atoms. The monoisotopic (exact) mass is 468 g/mol. The molecule has 1 aliphatic carbocycles. The maximum Gasteiger partial charge on any atom is 0.273 e. The summed E-state index contributed by atoms with van der Waals surface area (Å²) in [5, 5.41) is 12.9. The van der Waals surface area contributed by atoms with E-state index in [-0.39, 0.29) is 11.2 Å². The highest BCUT2D eigenvalue weighted by atomic mass is 127. The number of sulfonamides is 1. The number of benzene rings is 1. The molecule has 1 saturated carbocycles. The fraction of sp³-hybridized carbons (Fsp3) is 0.273. The van der Waals surface area contributed by atoms with Crippen LogP contribution in [0, 0.1) is 3.57 Å². The number of rotatable bonds is 3. The predicted octanol–water partition coefficient (Wildman–Crippen LogP) is 2.29. The van der Waals surface area contributed by atoms with Crippen molar-refractivity contribution in [2.45, 2.75) is 24.0 Å². The summed E-state index contributed by atoms with van der Waals surface area (Å²) in [7, 11) is -3.87. The van der Waals surface area contributed by atoms with Crippen LogP contribution in [0.4, 0.5) is 0 Å². The van der Waals surface area contributed by atoms with Crippen molar-refractivity contribution in [2.24, 2.45) is 5.14 Å². The van der Waals surface area contributed by atoms with Gasteiger partial charge >= 0.3 is 0 Å². The Morgan fingerprint density at radius 3 is 2.65 bits per heavy atom. The first-order valence-electron chi connectivity index (χ1n) is 5.81. The van der Waals surface area contributed by atoms with E-state index < -0.39 is 10.0 Å². The summed E-state index contributed by atoms with van der Waals surface area (Å²) >= 11 is 5.60. The van der Waals surface area contributed by atoms with E-state index in [0.29, 0.717) is 5.82 Å². The van der Waals surface area contributed by atoms with Crippen LogP contribution in [-0.4, -0.2) is 23.2 Å². The molecule has 1 fully saturated rings. The molecule has 3 rings (SSSR count). The first-order chi connectivity index (χ1) is 9.38. The molecule has 0 spiro atoms. The number of halogens is 2. The molecule has 106 valence electrons. The van der Waals surface area contributed by atoms with Gasteiger partial charge in [-0.1, -0.05) is 15.9 Å². The van der Waals surface area contributed by atoms with Gasteiger partial charge in [-0.2, -0.15) is 0 Å². The van der Waals surface area contributed by atoms with Crippen LogP contribution in [0.2, 0.25) is 0 Å². The quantitative estimate of drug-likeness (QED) is 0.699. The second-order valence-corrected chi connectivity index (χ2v) is 8.11. The average Bonchev–Trinajstić information content (AvgIpc) is 3.09. The van der Waals surface area contributed by atoms with Crippen LogP contribution >= 0.6 is 38.5 Å². The maximum atomic E-state index is 11.6. The van der Waals surface area contributed by atoms with Gasteiger partial charge in [0.05, 0.1) is 0 Å². The van der Waals surface area contributed by atoms with Crippen LogP contribution in [-0.2, 0) is 10.0 Å². The zero-order valence-corrected chi connectivity index (χ0v) is 14.7. The highest BCUT2D eigenvalue weighted by Crippen LogP contribution is 2.40. The molecular formula is C11H10BrIN4O2S. The van der Waals surface area contributed by atoms with E-state index >= 15 is 0 Å². The van der Waals surface area contributed by atoms with E-state index in [4.69, 9.17) is 5.14 Å². The SMILES string of the molecule is NS(=O)(=O)c1nnc(-c2cc(Br)ccc2I)n1C1CC1. The summed E-state index contributed by atoms with van der Waals surface area (Å²) in [6, 6.07) is 5.87. The normalized spacial score (nSPS) is 15.6. The summed E-state index contributed by atoms with van der Waals surface area (Å²) in [6.45, 7) is 0. The molecule has 0 amide bonds. The van der Waals surface area contributed by atoms with Gasteiger partial charge in [-0.05, 0) is 53.6 Å². The topological polar surface area (TPSA) is 90.9 Å². The van der Waals surface area contributed by atoms with Crippen molar-refractivity contribution < 1.29 is 8.42 Å². The van der Waals surface area contributed by atoms with Gasteiger partial charge in [0.2, 0.25) is 0 Å². The number of hydrogen-bond acceptors (Lipinski definition) is 4. The maximum absolute atomic E-state index is 11.6. The minimum atomic E-state index is -3.87. The Balaban J connectivity index is 2.25.